The molecule has 0 fully saturated rings. The molecule has 2 rings (SSSR count). The van der Waals surface area contributed by atoms with Gasteiger partial charge in [-0.1, -0.05) is 38.1 Å². The van der Waals surface area contributed by atoms with Crippen LogP contribution in [-0.4, -0.2) is 17.2 Å². The lowest BCUT2D eigenvalue weighted by Crippen LogP contribution is -2.25. The molecule has 19 heavy (non-hydrogen) atoms. The largest absolute Gasteiger partial charge is 0.479 e. The van der Waals surface area contributed by atoms with Crippen LogP contribution in [0.5, 0.6) is 5.75 Å². The summed E-state index contributed by atoms with van der Waals surface area (Å²) < 4.78 is 5.51. The highest BCUT2D eigenvalue weighted by Crippen LogP contribution is 2.23. The predicted molar refractivity (Wildman–Crippen MR) is 75.7 cm³/mol. The van der Waals surface area contributed by atoms with Gasteiger partial charge in [-0.05, 0) is 41.3 Å². The van der Waals surface area contributed by atoms with E-state index in [0.717, 1.165) is 17.2 Å². The molecule has 0 spiro atoms. The lowest BCUT2D eigenvalue weighted by Gasteiger charge is -2.13. The monoisotopic (exact) mass is 258 g/mol. The number of hydrogen-bond donors (Lipinski definition) is 1. The molecule has 0 heterocycles. The average molecular weight is 258 g/mol. The average Bonchev–Trinajstić information content (AvgIpc) is 2.43. The van der Waals surface area contributed by atoms with Crippen molar-refractivity contribution < 1.29 is 14.6 Å². The van der Waals surface area contributed by atoms with Crippen LogP contribution < -0.4 is 4.74 Å². The molecular weight excluding hydrogens is 240 g/mol. The van der Waals surface area contributed by atoms with Crippen molar-refractivity contribution in [1.82, 2.24) is 0 Å². The molecular formula is C16H18O3. The molecule has 0 radical (unpaired) electrons. The number of carboxylic acid groups (broad SMARTS) is 1. The molecule has 0 bridgehead atoms. The number of hydrogen-bond acceptors (Lipinski definition) is 2. The number of benzene rings is 2. The van der Waals surface area contributed by atoms with Gasteiger partial charge in [0.25, 0.3) is 0 Å². The van der Waals surface area contributed by atoms with Crippen LogP contribution >= 0.6 is 0 Å². The standard InChI is InChI=1S/C16H18O3/c1-3-11-5-6-12-7-8-14(10-13(12)9-11)19-15(4-2)16(17)18/h5-10,15H,3-4H2,1-2H3,(H,17,18). The molecule has 1 N–H and O–H groups in total. The van der Waals surface area contributed by atoms with Crippen LogP contribution in [0.25, 0.3) is 10.8 Å². The van der Waals surface area contributed by atoms with Gasteiger partial charge >= 0.3 is 5.97 Å². The summed E-state index contributed by atoms with van der Waals surface area (Å²) in [6, 6.07) is 12.0. The third-order valence-electron chi connectivity index (χ3n) is 3.21. The Hall–Kier alpha value is -2.03. The van der Waals surface area contributed by atoms with Crippen LogP contribution in [0, 0.1) is 0 Å². The minimum absolute atomic E-state index is 0.447. The molecule has 0 amide bonds. The number of rotatable bonds is 5. The van der Waals surface area contributed by atoms with Crippen molar-refractivity contribution in [3.63, 3.8) is 0 Å². The molecule has 3 nitrogen and oxygen atoms in total. The maximum Gasteiger partial charge on any atom is 0.344 e. The van der Waals surface area contributed by atoms with E-state index in [4.69, 9.17) is 9.84 Å². The van der Waals surface area contributed by atoms with E-state index in [-0.39, 0.29) is 0 Å². The van der Waals surface area contributed by atoms with Crippen molar-refractivity contribution in [3.05, 3.63) is 42.0 Å². The minimum atomic E-state index is -0.926. The van der Waals surface area contributed by atoms with Crippen molar-refractivity contribution in [2.45, 2.75) is 32.8 Å². The number of ether oxygens (including phenoxy) is 1. The molecule has 1 unspecified atom stereocenters. The Morgan fingerprint density at radius 2 is 1.89 bits per heavy atom. The lowest BCUT2D eigenvalue weighted by molar-refractivity contribution is -0.145. The molecule has 0 saturated carbocycles. The second-order valence-electron chi connectivity index (χ2n) is 4.55. The van der Waals surface area contributed by atoms with Gasteiger partial charge in [-0.3, -0.25) is 0 Å². The SMILES string of the molecule is CCc1ccc2ccc(OC(CC)C(=O)O)cc2c1. The first kappa shape index (κ1) is 13.4. The molecule has 100 valence electrons. The molecule has 3 heteroatoms. The van der Waals surface area contributed by atoms with E-state index in [1.54, 1.807) is 6.92 Å². The third-order valence-corrected chi connectivity index (χ3v) is 3.21. The van der Waals surface area contributed by atoms with Crippen LogP contribution in [0.4, 0.5) is 0 Å². The summed E-state index contributed by atoms with van der Waals surface area (Å²) in [5, 5.41) is 11.2. The van der Waals surface area contributed by atoms with Gasteiger partial charge in [-0.25, -0.2) is 4.79 Å². The number of carbonyl (C=O) groups is 1. The highest BCUT2D eigenvalue weighted by Gasteiger charge is 2.16. The van der Waals surface area contributed by atoms with Crippen LogP contribution in [-0.2, 0) is 11.2 Å². The van der Waals surface area contributed by atoms with Crippen LogP contribution in [0.1, 0.15) is 25.8 Å². The Balaban J connectivity index is 2.32. The minimum Gasteiger partial charge on any atom is -0.479 e. The topological polar surface area (TPSA) is 46.5 Å². The number of carboxylic acids is 1. The summed E-state index contributed by atoms with van der Waals surface area (Å²) in [5.74, 6) is -0.320. The van der Waals surface area contributed by atoms with Crippen LogP contribution in [0.2, 0.25) is 0 Å². The summed E-state index contributed by atoms with van der Waals surface area (Å²) in [5.41, 5.74) is 1.26. The summed E-state index contributed by atoms with van der Waals surface area (Å²) in [7, 11) is 0. The Kier molecular flexibility index (Phi) is 4.05. The van der Waals surface area contributed by atoms with Gasteiger partial charge in [-0.2, -0.15) is 0 Å². The van der Waals surface area contributed by atoms with E-state index in [2.05, 4.69) is 25.1 Å². The quantitative estimate of drug-likeness (QED) is 0.890. The number of aryl methyl sites for hydroxylation is 1. The van der Waals surface area contributed by atoms with Crippen molar-refractivity contribution >= 4 is 16.7 Å². The summed E-state index contributed by atoms with van der Waals surface area (Å²) in [6.45, 7) is 3.91. The van der Waals surface area contributed by atoms with Gasteiger partial charge in [0, 0.05) is 0 Å². The van der Waals surface area contributed by atoms with Crippen molar-refractivity contribution in [3.8, 4) is 5.75 Å². The number of aliphatic carboxylic acids is 1. The molecule has 0 aliphatic carbocycles. The Bertz CT molecular complexity index is 590. The second kappa shape index (κ2) is 5.74. The van der Waals surface area contributed by atoms with Gasteiger partial charge < -0.3 is 9.84 Å². The maximum absolute atomic E-state index is 11.0. The smallest absolute Gasteiger partial charge is 0.344 e. The van der Waals surface area contributed by atoms with E-state index >= 15 is 0 Å². The maximum atomic E-state index is 11.0. The summed E-state index contributed by atoms with van der Waals surface area (Å²) in [6.07, 6.45) is 0.641. The van der Waals surface area contributed by atoms with Crippen molar-refractivity contribution in [2.75, 3.05) is 0 Å². The van der Waals surface area contributed by atoms with Gasteiger partial charge in [0.15, 0.2) is 6.10 Å². The van der Waals surface area contributed by atoms with Crippen LogP contribution in [0.15, 0.2) is 36.4 Å². The first-order valence-corrected chi connectivity index (χ1v) is 6.56. The normalized spacial score (nSPS) is 12.3. The molecule has 0 saturated heterocycles. The van der Waals surface area contributed by atoms with E-state index in [9.17, 15) is 4.79 Å². The fourth-order valence-electron chi connectivity index (χ4n) is 2.04. The van der Waals surface area contributed by atoms with Gasteiger partial charge in [-0.15, -0.1) is 0 Å². The molecule has 0 aromatic heterocycles. The summed E-state index contributed by atoms with van der Waals surface area (Å²) in [4.78, 5) is 11.0. The zero-order valence-corrected chi connectivity index (χ0v) is 11.2. The highest BCUT2D eigenvalue weighted by molar-refractivity contribution is 5.84. The first-order valence-electron chi connectivity index (χ1n) is 6.56. The zero-order chi connectivity index (χ0) is 13.8. The fourth-order valence-corrected chi connectivity index (χ4v) is 2.04. The van der Waals surface area contributed by atoms with Crippen molar-refractivity contribution in [1.29, 1.82) is 0 Å². The third kappa shape index (κ3) is 3.05. The number of fused-ring (bicyclic) bond motifs is 1. The lowest BCUT2D eigenvalue weighted by atomic mass is 10.1. The van der Waals surface area contributed by atoms with Gasteiger partial charge in [0.1, 0.15) is 5.75 Å². The second-order valence-corrected chi connectivity index (χ2v) is 4.55. The van der Waals surface area contributed by atoms with Gasteiger partial charge in [0.05, 0.1) is 0 Å². The molecule has 2 aromatic rings. The van der Waals surface area contributed by atoms with E-state index < -0.39 is 12.1 Å². The van der Waals surface area contributed by atoms with E-state index in [1.807, 2.05) is 18.2 Å². The zero-order valence-electron chi connectivity index (χ0n) is 11.2. The molecule has 2 aromatic carbocycles. The Morgan fingerprint density at radius 3 is 2.53 bits per heavy atom. The molecule has 0 aliphatic rings. The Labute approximate surface area is 112 Å². The van der Waals surface area contributed by atoms with Crippen molar-refractivity contribution in [2.24, 2.45) is 0 Å². The highest BCUT2D eigenvalue weighted by atomic mass is 16.5. The van der Waals surface area contributed by atoms with Gasteiger partial charge in [0.2, 0.25) is 0 Å². The summed E-state index contributed by atoms with van der Waals surface area (Å²) >= 11 is 0. The Morgan fingerprint density at radius 1 is 1.16 bits per heavy atom. The molecule has 1 atom stereocenters. The first-order chi connectivity index (χ1) is 9.13. The van der Waals surface area contributed by atoms with E-state index in [0.29, 0.717) is 12.2 Å². The molecule has 0 aliphatic heterocycles. The van der Waals surface area contributed by atoms with E-state index in [1.165, 1.54) is 5.56 Å². The van der Waals surface area contributed by atoms with Crippen LogP contribution in [0.3, 0.4) is 0 Å². The fraction of sp³-hybridized carbons (Fsp3) is 0.312. The predicted octanol–water partition coefficient (Wildman–Crippen LogP) is 3.64.